The second-order valence-electron chi connectivity index (χ2n) is 1.80. The quantitative estimate of drug-likeness (QED) is 0.423. The van der Waals surface area contributed by atoms with Crippen molar-refractivity contribution in [1.82, 2.24) is 4.98 Å². The Hall–Kier alpha value is -1.10. The molecule has 0 fully saturated rings. The Balaban J connectivity index is 2.55. The van der Waals surface area contributed by atoms with Crippen LogP contribution in [0.1, 0.15) is 11.1 Å². The van der Waals surface area contributed by atoms with Gasteiger partial charge in [0.05, 0.1) is 6.54 Å². The minimum Gasteiger partial charge on any atom is -0.386 e. The lowest BCUT2D eigenvalue weighted by Crippen LogP contribution is -1.99. The van der Waals surface area contributed by atoms with Gasteiger partial charge in [-0.3, -0.25) is 0 Å². The largest absolute Gasteiger partial charge is 0.386 e. The highest BCUT2D eigenvalue weighted by atomic mass is 32.1. The summed E-state index contributed by atoms with van der Waals surface area (Å²) in [7, 11) is 0. The van der Waals surface area contributed by atoms with Gasteiger partial charge in [-0.25, -0.2) is 4.98 Å². The number of thiazole rings is 1. The Labute approximate surface area is 66.9 Å². The summed E-state index contributed by atoms with van der Waals surface area (Å²) >= 11 is 1.34. The number of aromatic nitrogens is 1. The van der Waals surface area contributed by atoms with E-state index in [9.17, 15) is 5.11 Å². The predicted molar refractivity (Wildman–Crippen MR) is 41.1 cm³/mol. The Morgan fingerprint density at radius 3 is 3.27 bits per heavy atom. The fourth-order valence-electron chi connectivity index (χ4n) is 0.591. The van der Waals surface area contributed by atoms with E-state index >= 15 is 0 Å². The highest BCUT2D eigenvalue weighted by Gasteiger charge is 2.07. The van der Waals surface area contributed by atoms with Gasteiger partial charge in [-0.1, -0.05) is 5.11 Å². The Kier molecular flexibility index (Phi) is 2.85. The van der Waals surface area contributed by atoms with Gasteiger partial charge in [-0.05, 0) is 5.53 Å². The molecular weight excluding hydrogens is 164 g/mol. The molecule has 0 spiro atoms. The van der Waals surface area contributed by atoms with E-state index in [0.29, 0.717) is 5.01 Å². The maximum absolute atomic E-state index is 9.22. The summed E-state index contributed by atoms with van der Waals surface area (Å²) in [6.07, 6.45) is 0.838. The van der Waals surface area contributed by atoms with Crippen molar-refractivity contribution in [2.24, 2.45) is 5.11 Å². The summed E-state index contributed by atoms with van der Waals surface area (Å²) in [6, 6.07) is 0. The minimum absolute atomic E-state index is 0.0456. The van der Waals surface area contributed by atoms with Gasteiger partial charge < -0.3 is 5.11 Å². The van der Waals surface area contributed by atoms with Crippen molar-refractivity contribution in [2.45, 2.75) is 6.10 Å². The van der Waals surface area contributed by atoms with Crippen molar-refractivity contribution in [3.63, 3.8) is 0 Å². The monoisotopic (exact) mass is 170 g/mol. The smallest absolute Gasteiger partial charge is 0.121 e. The third-order valence-corrected chi connectivity index (χ3v) is 1.93. The number of aliphatic hydroxyl groups is 1. The summed E-state index contributed by atoms with van der Waals surface area (Å²) < 4.78 is 0. The first kappa shape index (κ1) is 8.00. The molecule has 0 amide bonds. The van der Waals surface area contributed by atoms with Crippen LogP contribution < -0.4 is 0 Å². The van der Waals surface area contributed by atoms with Crippen LogP contribution in [0, 0.1) is 0 Å². The lowest BCUT2D eigenvalue weighted by atomic mass is 10.4. The van der Waals surface area contributed by atoms with Crippen LogP contribution in [0.4, 0.5) is 0 Å². The maximum Gasteiger partial charge on any atom is 0.121 e. The molecule has 0 saturated heterocycles. The lowest BCUT2D eigenvalue weighted by Gasteiger charge is -1.99. The highest BCUT2D eigenvalue weighted by molar-refractivity contribution is 7.09. The van der Waals surface area contributed by atoms with Gasteiger partial charge >= 0.3 is 0 Å². The molecule has 1 aromatic heterocycles. The van der Waals surface area contributed by atoms with Crippen molar-refractivity contribution in [3.8, 4) is 0 Å². The van der Waals surface area contributed by atoms with Crippen LogP contribution in [0.2, 0.25) is 0 Å². The molecule has 1 N–H and O–H groups in total. The normalized spacial score (nSPS) is 12.1. The molecule has 1 atom stereocenters. The molecule has 0 saturated carbocycles. The lowest BCUT2D eigenvalue weighted by molar-refractivity contribution is 0.186. The van der Waals surface area contributed by atoms with E-state index in [1.165, 1.54) is 11.3 Å². The van der Waals surface area contributed by atoms with E-state index in [1.807, 2.05) is 0 Å². The SMILES string of the molecule is [N-]=[N+]=NC[C@H](O)c1nccs1. The van der Waals surface area contributed by atoms with Crippen molar-refractivity contribution < 1.29 is 5.11 Å². The molecule has 0 bridgehead atoms. The molecule has 0 aliphatic heterocycles. The summed E-state index contributed by atoms with van der Waals surface area (Å²) in [6.45, 7) is 0.0456. The molecule has 0 aromatic carbocycles. The highest BCUT2D eigenvalue weighted by Crippen LogP contribution is 2.14. The number of nitrogens with zero attached hydrogens (tertiary/aromatic N) is 4. The van der Waals surface area contributed by atoms with Gasteiger partial charge in [0.1, 0.15) is 11.1 Å². The molecule has 58 valence electrons. The summed E-state index contributed by atoms with van der Waals surface area (Å²) in [5.41, 5.74) is 7.94. The zero-order valence-corrected chi connectivity index (χ0v) is 6.40. The van der Waals surface area contributed by atoms with E-state index in [-0.39, 0.29) is 6.54 Å². The van der Waals surface area contributed by atoms with Crippen molar-refractivity contribution in [2.75, 3.05) is 6.54 Å². The van der Waals surface area contributed by atoms with Crippen molar-refractivity contribution in [3.05, 3.63) is 27.0 Å². The van der Waals surface area contributed by atoms with Crippen molar-refractivity contribution in [1.29, 1.82) is 0 Å². The molecule has 1 aromatic rings. The molecule has 1 heterocycles. The van der Waals surface area contributed by atoms with Crippen LogP contribution in [0.5, 0.6) is 0 Å². The number of hydrogen-bond acceptors (Lipinski definition) is 4. The fraction of sp³-hybridized carbons (Fsp3) is 0.400. The van der Waals surface area contributed by atoms with E-state index in [4.69, 9.17) is 5.53 Å². The topological polar surface area (TPSA) is 81.9 Å². The van der Waals surface area contributed by atoms with Gasteiger partial charge in [0.25, 0.3) is 0 Å². The first-order valence-corrected chi connectivity index (χ1v) is 3.81. The second kappa shape index (κ2) is 3.92. The average molecular weight is 170 g/mol. The van der Waals surface area contributed by atoms with Crippen LogP contribution in [0.25, 0.3) is 10.4 Å². The molecule has 5 nitrogen and oxygen atoms in total. The summed E-state index contributed by atoms with van der Waals surface area (Å²) in [4.78, 5) is 6.38. The zero-order valence-electron chi connectivity index (χ0n) is 5.58. The first-order chi connectivity index (χ1) is 5.34. The fourth-order valence-corrected chi connectivity index (χ4v) is 1.21. The van der Waals surface area contributed by atoms with Gasteiger partial charge in [-0.15, -0.1) is 11.3 Å². The first-order valence-electron chi connectivity index (χ1n) is 2.93. The molecule has 6 heteroatoms. The summed E-state index contributed by atoms with van der Waals surface area (Å²) in [5.74, 6) is 0. The van der Waals surface area contributed by atoms with Gasteiger partial charge in [0.15, 0.2) is 0 Å². The van der Waals surface area contributed by atoms with Crippen LogP contribution in [-0.4, -0.2) is 16.6 Å². The van der Waals surface area contributed by atoms with E-state index in [1.54, 1.807) is 11.6 Å². The third kappa shape index (κ3) is 2.19. The van der Waals surface area contributed by atoms with Crippen molar-refractivity contribution >= 4 is 11.3 Å². The Morgan fingerprint density at radius 2 is 2.73 bits per heavy atom. The number of hydrogen-bond donors (Lipinski definition) is 1. The zero-order chi connectivity index (χ0) is 8.10. The Bertz CT molecular complexity index is 253. The van der Waals surface area contributed by atoms with Gasteiger partial charge in [-0.2, -0.15) is 0 Å². The molecule has 0 radical (unpaired) electrons. The molecule has 0 aliphatic carbocycles. The molecular formula is C5H6N4OS. The standard InChI is InChI=1S/C5H6N4OS/c6-9-8-3-4(10)5-7-1-2-11-5/h1-2,4,10H,3H2/t4-/m0/s1. The third-order valence-electron chi connectivity index (χ3n) is 1.05. The molecule has 11 heavy (non-hydrogen) atoms. The maximum atomic E-state index is 9.22. The van der Waals surface area contributed by atoms with Gasteiger partial charge in [0, 0.05) is 16.5 Å². The molecule has 0 unspecified atom stereocenters. The number of azide groups is 1. The van der Waals surface area contributed by atoms with Crippen LogP contribution in [-0.2, 0) is 0 Å². The Morgan fingerprint density at radius 1 is 1.91 bits per heavy atom. The van der Waals surface area contributed by atoms with E-state index in [0.717, 1.165) is 0 Å². The van der Waals surface area contributed by atoms with Crippen LogP contribution in [0.15, 0.2) is 16.7 Å². The van der Waals surface area contributed by atoms with Crippen LogP contribution >= 0.6 is 11.3 Å². The molecule has 1 rings (SSSR count). The second-order valence-corrected chi connectivity index (χ2v) is 2.73. The molecule has 0 aliphatic rings. The predicted octanol–water partition coefficient (Wildman–Crippen LogP) is 1.49. The number of aliphatic hydroxyl groups excluding tert-OH is 1. The number of rotatable bonds is 3. The van der Waals surface area contributed by atoms with Gasteiger partial charge in [0.2, 0.25) is 0 Å². The summed E-state index contributed by atoms with van der Waals surface area (Å²) in [5, 5.41) is 14.8. The van der Waals surface area contributed by atoms with E-state index in [2.05, 4.69) is 15.0 Å². The minimum atomic E-state index is -0.758. The van der Waals surface area contributed by atoms with E-state index < -0.39 is 6.10 Å². The average Bonchev–Trinajstić information content (AvgIpc) is 2.52. The van der Waals surface area contributed by atoms with Crippen LogP contribution in [0.3, 0.4) is 0 Å².